The highest BCUT2D eigenvalue weighted by Gasteiger charge is 2.19. The van der Waals surface area contributed by atoms with Gasteiger partial charge >= 0.3 is 0 Å². The van der Waals surface area contributed by atoms with Gasteiger partial charge in [-0.3, -0.25) is 19.5 Å². The number of hydrogen-bond donors (Lipinski definition) is 1. The van der Waals surface area contributed by atoms with Crippen LogP contribution in [0.15, 0.2) is 82.4 Å². The van der Waals surface area contributed by atoms with Crippen molar-refractivity contribution < 1.29 is 19.2 Å². The van der Waals surface area contributed by atoms with Crippen LogP contribution >= 0.6 is 27.7 Å². The molecule has 10 nitrogen and oxygen atoms in total. The first-order valence-corrected chi connectivity index (χ1v) is 13.4. The van der Waals surface area contributed by atoms with Crippen LogP contribution in [-0.4, -0.2) is 38.0 Å². The predicted molar refractivity (Wildman–Crippen MR) is 148 cm³/mol. The topological polar surface area (TPSA) is 121 Å². The van der Waals surface area contributed by atoms with Gasteiger partial charge in [-0.15, -0.1) is 10.2 Å². The van der Waals surface area contributed by atoms with Crippen LogP contribution in [0.1, 0.15) is 18.3 Å². The molecule has 12 heteroatoms. The summed E-state index contributed by atoms with van der Waals surface area (Å²) in [6.07, 6.45) is 0. The van der Waals surface area contributed by atoms with Crippen molar-refractivity contribution in [1.29, 1.82) is 0 Å². The van der Waals surface area contributed by atoms with E-state index in [-0.39, 0.29) is 23.7 Å². The molecule has 0 radical (unpaired) electrons. The number of benzene rings is 3. The number of thioether (sulfide) groups is 1. The Morgan fingerprint density at radius 1 is 1.05 bits per heavy atom. The first kappa shape index (κ1) is 27.1. The number of carbonyl (C=O) groups is 1. The molecule has 4 aromatic rings. The molecule has 0 saturated heterocycles. The molecular formula is C26H24BrN5O5S. The van der Waals surface area contributed by atoms with Crippen molar-refractivity contribution in [1.82, 2.24) is 14.8 Å². The van der Waals surface area contributed by atoms with Crippen molar-refractivity contribution in [2.75, 3.05) is 17.7 Å². The highest BCUT2D eigenvalue weighted by atomic mass is 79.9. The van der Waals surface area contributed by atoms with Gasteiger partial charge in [0.15, 0.2) is 11.0 Å². The molecule has 0 bridgehead atoms. The number of nitrogens with zero attached hydrogens (tertiary/aromatic N) is 4. The molecule has 0 aliphatic heterocycles. The third-order valence-corrected chi connectivity index (χ3v) is 6.74. The number of rotatable bonds is 12. The quantitative estimate of drug-likeness (QED) is 0.125. The summed E-state index contributed by atoms with van der Waals surface area (Å²) in [7, 11) is 0. The van der Waals surface area contributed by atoms with Crippen molar-refractivity contribution in [2.45, 2.75) is 25.2 Å². The Labute approximate surface area is 231 Å². The largest absolute Gasteiger partial charge is 0.494 e. The van der Waals surface area contributed by atoms with E-state index in [1.807, 2.05) is 59.2 Å². The minimum absolute atomic E-state index is 0.0254. The Bertz CT molecular complexity index is 1400. The third kappa shape index (κ3) is 7.33. The van der Waals surface area contributed by atoms with E-state index in [0.717, 1.165) is 10.0 Å². The number of carbonyl (C=O) groups excluding carboxylic acids is 1. The van der Waals surface area contributed by atoms with Gasteiger partial charge < -0.3 is 14.8 Å². The summed E-state index contributed by atoms with van der Waals surface area (Å²) in [5.74, 6) is 1.22. The summed E-state index contributed by atoms with van der Waals surface area (Å²) < 4.78 is 14.1. The van der Waals surface area contributed by atoms with Crippen molar-refractivity contribution >= 4 is 45.0 Å². The van der Waals surface area contributed by atoms with Gasteiger partial charge in [-0.1, -0.05) is 58.0 Å². The van der Waals surface area contributed by atoms with Crippen LogP contribution < -0.4 is 14.8 Å². The van der Waals surface area contributed by atoms with Crippen molar-refractivity contribution in [2.24, 2.45) is 0 Å². The summed E-state index contributed by atoms with van der Waals surface area (Å²) in [6, 6.07) is 21.6. The van der Waals surface area contributed by atoms with E-state index in [4.69, 9.17) is 9.47 Å². The number of ether oxygens (including phenoxy) is 2. The molecule has 1 aromatic heterocycles. The molecule has 0 aliphatic rings. The highest BCUT2D eigenvalue weighted by Crippen LogP contribution is 2.30. The molecule has 0 saturated carbocycles. The van der Waals surface area contributed by atoms with E-state index in [1.54, 1.807) is 13.0 Å². The molecule has 0 atom stereocenters. The maximum absolute atomic E-state index is 12.7. The minimum atomic E-state index is -0.556. The normalized spacial score (nSPS) is 10.7. The SMILES string of the molecule is CCOc1ccc(NC(=O)CSc2nnc(COc3ccccc3)n2Cc2ccc(Br)cc2)c([N+](=O)[O-])c1. The van der Waals surface area contributed by atoms with Crippen LogP contribution in [0.25, 0.3) is 0 Å². The van der Waals surface area contributed by atoms with E-state index in [9.17, 15) is 14.9 Å². The van der Waals surface area contributed by atoms with Gasteiger partial charge in [0.05, 0.1) is 29.9 Å². The zero-order chi connectivity index (χ0) is 26.9. The van der Waals surface area contributed by atoms with Gasteiger partial charge in [0.1, 0.15) is 23.8 Å². The van der Waals surface area contributed by atoms with Gasteiger partial charge in [-0.2, -0.15) is 0 Å². The molecule has 0 aliphatic carbocycles. The predicted octanol–water partition coefficient (Wildman–Crippen LogP) is 5.71. The zero-order valence-electron chi connectivity index (χ0n) is 20.4. The van der Waals surface area contributed by atoms with E-state index >= 15 is 0 Å². The lowest BCUT2D eigenvalue weighted by atomic mass is 10.2. The highest BCUT2D eigenvalue weighted by molar-refractivity contribution is 9.10. The number of nitrogens with one attached hydrogen (secondary N) is 1. The number of aromatic nitrogens is 3. The lowest BCUT2D eigenvalue weighted by Crippen LogP contribution is -2.16. The molecule has 1 heterocycles. The average Bonchev–Trinajstić information content (AvgIpc) is 3.30. The molecule has 1 N–H and O–H groups in total. The van der Waals surface area contributed by atoms with Crippen LogP contribution in [0.2, 0.25) is 0 Å². The summed E-state index contributed by atoms with van der Waals surface area (Å²) >= 11 is 4.63. The van der Waals surface area contributed by atoms with Crippen LogP contribution in [-0.2, 0) is 17.9 Å². The maximum atomic E-state index is 12.7. The molecule has 38 heavy (non-hydrogen) atoms. The summed E-state index contributed by atoms with van der Waals surface area (Å²) in [5, 5.41) is 23.2. The molecule has 4 rings (SSSR count). The Morgan fingerprint density at radius 2 is 1.82 bits per heavy atom. The Kier molecular flexibility index (Phi) is 9.33. The van der Waals surface area contributed by atoms with Crippen LogP contribution in [0.5, 0.6) is 11.5 Å². The van der Waals surface area contributed by atoms with Gasteiger partial charge in [0, 0.05) is 4.47 Å². The second-order valence-electron chi connectivity index (χ2n) is 7.92. The number of hydrogen-bond acceptors (Lipinski definition) is 8. The third-order valence-electron chi connectivity index (χ3n) is 5.24. The van der Waals surface area contributed by atoms with Gasteiger partial charge in [0.2, 0.25) is 5.91 Å². The summed E-state index contributed by atoms with van der Waals surface area (Å²) in [4.78, 5) is 23.7. The molecule has 0 spiro atoms. The van der Waals surface area contributed by atoms with Gasteiger partial charge in [-0.05, 0) is 48.9 Å². The number of halogens is 1. The Morgan fingerprint density at radius 3 is 2.53 bits per heavy atom. The van der Waals surface area contributed by atoms with Crippen molar-refractivity contribution in [3.05, 3.63) is 98.8 Å². The monoisotopic (exact) mass is 597 g/mol. The zero-order valence-corrected chi connectivity index (χ0v) is 22.8. The Hall–Kier alpha value is -3.90. The lowest BCUT2D eigenvalue weighted by molar-refractivity contribution is -0.384. The number of nitro benzene ring substituents is 1. The molecular weight excluding hydrogens is 574 g/mol. The van der Waals surface area contributed by atoms with Crippen molar-refractivity contribution in [3.63, 3.8) is 0 Å². The fourth-order valence-electron chi connectivity index (χ4n) is 3.47. The molecule has 0 unspecified atom stereocenters. The first-order chi connectivity index (χ1) is 18.4. The fraction of sp³-hybridized carbons (Fsp3) is 0.192. The molecule has 1 amide bonds. The van der Waals surface area contributed by atoms with E-state index in [0.29, 0.717) is 35.6 Å². The standard InChI is InChI=1S/C26H24BrN5O5S/c1-2-36-21-12-13-22(23(14-21)32(34)35)28-25(33)17-38-26-30-29-24(16-37-20-6-4-3-5-7-20)31(26)15-18-8-10-19(27)11-9-18/h3-14H,2,15-17H2,1H3,(H,28,33). The maximum Gasteiger partial charge on any atom is 0.296 e. The number of amides is 1. The van der Waals surface area contributed by atoms with Crippen LogP contribution in [0.4, 0.5) is 11.4 Å². The summed E-state index contributed by atoms with van der Waals surface area (Å²) in [6.45, 7) is 2.83. The van der Waals surface area contributed by atoms with Gasteiger partial charge in [-0.25, -0.2) is 0 Å². The van der Waals surface area contributed by atoms with E-state index < -0.39 is 10.8 Å². The first-order valence-electron chi connectivity index (χ1n) is 11.6. The fourth-order valence-corrected chi connectivity index (χ4v) is 4.49. The minimum Gasteiger partial charge on any atom is -0.494 e. The number of anilines is 1. The van der Waals surface area contributed by atoms with Crippen LogP contribution in [0, 0.1) is 10.1 Å². The second kappa shape index (κ2) is 13.1. The second-order valence-corrected chi connectivity index (χ2v) is 9.78. The number of para-hydroxylation sites is 1. The molecule has 196 valence electrons. The lowest BCUT2D eigenvalue weighted by Gasteiger charge is -2.12. The summed E-state index contributed by atoms with van der Waals surface area (Å²) in [5.41, 5.74) is 0.871. The van der Waals surface area contributed by atoms with E-state index in [2.05, 4.69) is 31.4 Å². The smallest absolute Gasteiger partial charge is 0.296 e. The number of nitro groups is 1. The van der Waals surface area contributed by atoms with Crippen molar-refractivity contribution in [3.8, 4) is 11.5 Å². The van der Waals surface area contributed by atoms with Gasteiger partial charge in [0.25, 0.3) is 5.69 Å². The van der Waals surface area contributed by atoms with Crippen LogP contribution in [0.3, 0.4) is 0 Å². The average molecular weight is 598 g/mol. The molecule has 3 aromatic carbocycles. The Balaban J connectivity index is 1.48. The molecule has 0 fully saturated rings. The van der Waals surface area contributed by atoms with E-state index in [1.165, 1.54) is 23.9 Å².